The van der Waals surface area contributed by atoms with Gasteiger partial charge in [-0.05, 0) is 46.5 Å². The number of nitrogens with zero attached hydrogens (tertiary/aromatic N) is 4. The Kier molecular flexibility index (Phi) is 9.46. The molecule has 0 bridgehead atoms. The Hall–Kier alpha value is -5.68. The van der Waals surface area contributed by atoms with Gasteiger partial charge in [-0.3, -0.25) is 9.97 Å². The van der Waals surface area contributed by atoms with E-state index in [0.717, 1.165) is 78.0 Å². The second kappa shape index (κ2) is 14.3. The topological polar surface area (TPSA) is 56.7 Å². The molecule has 0 saturated carbocycles. The number of rotatable bonds is 4. The zero-order chi connectivity index (χ0) is 34.1. The molecule has 0 amide bonds. The molecule has 251 valence electrons. The number of fused-ring (bicyclic) bond motifs is 4. The van der Waals surface area contributed by atoms with Crippen molar-refractivity contribution in [2.75, 3.05) is 0 Å². The summed E-state index contributed by atoms with van der Waals surface area (Å²) in [5.74, 6) is 0.789. The minimum Gasteiger partial charge on any atom is -0.501 e. The van der Waals surface area contributed by atoms with Gasteiger partial charge < -0.3 is 14.0 Å². The van der Waals surface area contributed by atoms with Crippen LogP contribution in [0.5, 0.6) is 0 Å². The molecule has 1 radical (unpaired) electrons. The molecule has 9 rings (SSSR count). The van der Waals surface area contributed by atoms with Crippen LogP contribution >= 0.6 is 0 Å². The van der Waals surface area contributed by atoms with E-state index in [-0.39, 0.29) is 25.5 Å². The van der Waals surface area contributed by atoms with Crippen molar-refractivity contribution < 1.29 is 24.5 Å². The van der Waals surface area contributed by atoms with Crippen LogP contribution in [0.15, 0.2) is 156 Å². The Morgan fingerprint density at radius 2 is 1.45 bits per heavy atom. The maximum absolute atomic E-state index is 6.58. The molecule has 0 N–H and O–H groups in total. The summed E-state index contributed by atoms with van der Waals surface area (Å²) in [6, 6.07) is 51.5. The molecule has 0 saturated heterocycles. The van der Waals surface area contributed by atoms with Crippen LogP contribution in [0, 0.1) is 12.1 Å². The Morgan fingerprint density at radius 1 is 0.686 bits per heavy atom. The molecule has 0 spiro atoms. The molecule has 51 heavy (non-hydrogen) atoms. The summed E-state index contributed by atoms with van der Waals surface area (Å²) in [5, 5.41) is 2.13. The number of hydrogen-bond donors (Lipinski definition) is 0. The van der Waals surface area contributed by atoms with Gasteiger partial charge in [-0.25, -0.2) is 0 Å². The van der Waals surface area contributed by atoms with Crippen LogP contribution in [-0.4, -0.2) is 19.5 Å². The van der Waals surface area contributed by atoms with Crippen molar-refractivity contribution in [1.82, 2.24) is 19.5 Å². The van der Waals surface area contributed by atoms with Crippen LogP contribution in [0.4, 0.5) is 0 Å². The first kappa shape index (κ1) is 33.8. The van der Waals surface area contributed by atoms with Crippen LogP contribution in [0.1, 0.15) is 26.3 Å². The molecule has 4 aromatic heterocycles. The van der Waals surface area contributed by atoms with E-state index in [0.29, 0.717) is 0 Å². The summed E-state index contributed by atoms with van der Waals surface area (Å²) < 4.78 is 8.81. The fraction of sp³-hybridized carbons (Fsp3) is 0.0889. The smallest absolute Gasteiger partial charge is 0.121 e. The van der Waals surface area contributed by atoms with Gasteiger partial charge in [0, 0.05) is 49.1 Å². The number of furan rings is 1. The molecule has 4 heterocycles. The van der Waals surface area contributed by atoms with Crippen LogP contribution < -0.4 is 0 Å². The Balaban J connectivity index is 0.000000265. The Morgan fingerprint density at radius 3 is 2.18 bits per heavy atom. The second-order valence-corrected chi connectivity index (χ2v) is 13.2. The largest absolute Gasteiger partial charge is 0.501 e. The van der Waals surface area contributed by atoms with Gasteiger partial charge in [-0.1, -0.05) is 105 Å². The maximum Gasteiger partial charge on any atom is 0.121 e. The summed E-state index contributed by atoms with van der Waals surface area (Å²) in [7, 11) is 0. The second-order valence-electron chi connectivity index (χ2n) is 13.2. The zero-order valence-electron chi connectivity index (χ0n) is 28.5. The molecule has 0 fully saturated rings. The number of aromatic nitrogens is 4. The quantitative estimate of drug-likeness (QED) is 0.166. The Bertz CT molecular complexity index is 2520. The van der Waals surface area contributed by atoms with Crippen LogP contribution in [0.25, 0.3) is 72.4 Å². The average molecular weight is 839 g/mol. The van der Waals surface area contributed by atoms with Crippen molar-refractivity contribution in [3.05, 3.63) is 170 Å². The van der Waals surface area contributed by atoms with E-state index in [2.05, 4.69) is 120 Å². The average Bonchev–Trinajstić information content (AvgIpc) is 3.75. The fourth-order valence-corrected chi connectivity index (χ4v) is 6.37. The fourth-order valence-electron chi connectivity index (χ4n) is 6.37. The van der Waals surface area contributed by atoms with Gasteiger partial charge in [0.05, 0.1) is 28.6 Å². The third-order valence-corrected chi connectivity index (χ3v) is 8.80. The summed E-state index contributed by atoms with van der Waals surface area (Å²) in [6.07, 6.45) is 5.60. The molecule has 6 heteroatoms. The van der Waals surface area contributed by atoms with Gasteiger partial charge in [-0.15, -0.1) is 54.1 Å². The van der Waals surface area contributed by atoms with E-state index in [9.17, 15) is 0 Å². The number of para-hydroxylation sites is 1. The summed E-state index contributed by atoms with van der Waals surface area (Å²) >= 11 is 0. The number of imidazole rings is 1. The first-order valence-corrected chi connectivity index (χ1v) is 16.7. The van der Waals surface area contributed by atoms with E-state index >= 15 is 0 Å². The molecule has 5 nitrogen and oxygen atoms in total. The van der Waals surface area contributed by atoms with Crippen LogP contribution in [0.3, 0.4) is 0 Å². The van der Waals surface area contributed by atoms with Gasteiger partial charge in [-0.2, -0.15) is 0 Å². The van der Waals surface area contributed by atoms with Crippen molar-refractivity contribution in [3.63, 3.8) is 0 Å². The van der Waals surface area contributed by atoms with E-state index in [1.54, 1.807) is 6.20 Å². The first-order valence-electron chi connectivity index (χ1n) is 16.7. The summed E-state index contributed by atoms with van der Waals surface area (Å²) in [6.45, 7) is 6.63. The third kappa shape index (κ3) is 6.64. The number of benzene rings is 5. The molecular weight excluding hydrogens is 805 g/mol. The van der Waals surface area contributed by atoms with E-state index < -0.39 is 0 Å². The van der Waals surface area contributed by atoms with Crippen molar-refractivity contribution in [1.29, 1.82) is 0 Å². The summed E-state index contributed by atoms with van der Waals surface area (Å²) in [5.41, 5.74) is 10.7. The normalized spacial score (nSPS) is 11.3. The minimum absolute atomic E-state index is 0. The predicted molar refractivity (Wildman–Crippen MR) is 203 cm³/mol. The van der Waals surface area contributed by atoms with Crippen molar-refractivity contribution in [2.24, 2.45) is 0 Å². The monoisotopic (exact) mass is 839 g/mol. The molecule has 5 aromatic carbocycles. The number of pyridine rings is 2. The molecule has 0 atom stereocenters. The first-order chi connectivity index (χ1) is 24.5. The van der Waals surface area contributed by atoms with Gasteiger partial charge in [0.2, 0.25) is 0 Å². The molecule has 9 aromatic rings. The van der Waals surface area contributed by atoms with E-state index in [4.69, 9.17) is 9.40 Å². The third-order valence-electron chi connectivity index (χ3n) is 8.80. The standard InChI is InChI=1S/C34H26N3O.C11H8N.Ir/c1-34(2,3)28-20-35-21-29-31(28)37(24-13-8-5-9-14-24)33(36-29)27-16-10-15-26-25-18-17-23(19-30(25)38-32(26)27)22-11-6-4-7-12-22;1-2-6-10(7-3-1)11-8-4-5-9-12-11;/h4-15,17-21H,1-3H3;1-6,8-9H;/q2*-1;. The molecular formula is C45H34IrN4O-2. The van der Waals surface area contributed by atoms with Gasteiger partial charge in [0.25, 0.3) is 0 Å². The zero-order valence-corrected chi connectivity index (χ0v) is 30.9. The predicted octanol–water partition coefficient (Wildman–Crippen LogP) is 11.3. The minimum atomic E-state index is -0.112. The van der Waals surface area contributed by atoms with Crippen LogP contribution in [-0.2, 0) is 25.5 Å². The van der Waals surface area contributed by atoms with Crippen molar-refractivity contribution >= 4 is 33.0 Å². The molecule has 0 aliphatic carbocycles. The molecule has 0 unspecified atom stereocenters. The van der Waals surface area contributed by atoms with E-state index in [1.807, 2.05) is 73.1 Å². The molecule has 0 aliphatic heterocycles. The summed E-state index contributed by atoms with van der Waals surface area (Å²) in [4.78, 5) is 13.9. The van der Waals surface area contributed by atoms with E-state index in [1.165, 1.54) is 0 Å². The maximum atomic E-state index is 6.58. The van der Waals surface area contributed by atoms with Crippen LogP contribution in [0.2, 0.25) is 0 Å². The van der Waals surface area contributed by atoms with Gasteiger partial charge >= 0.3 is 0 Å². The molecule has 0 aliphatic rings. The van der Waals surface area contributed by atoms with Gasteiger partial charge in [0.1, 0.15) is 5.58 Å². The van der Waals surface area contributed by atoms with Crippen molar-refractivity contribution in [2.45, 2.75) is 26.2 Å². The number of hydrogen-bond acceptors (Lipinski definition) is 4. The SMILES string of the molecule is CC(C)(C)c1cncc2nc(-c3[c-]ccc4c3oc3cc(-c5ccccc5)ccc34)n(-c3ccccc3)c12.[Ir].[c-]1ccccc1-c1ccccn1. The Labute approximate surface area is 311 Å². The van der Waals surface area contributed by atoms with Crippen molar-refractivity contribution in [3.8, 4) is 39.5 Å². The van der Waals surface area contributed by atoms with Gasteiger partial charge in [0.15, 0.2) is 0 Å².